The number of nitrogens with zero attached hydrogens (tertiary/aromatic N) is 1. The molecule has 1 fully saturated rings. The van der Waals surface area contributed by atoms with Gasteiger partial charge < -0.3 is 14.4 Å². The molecule has 3 rings (SSSR count). The van der Waals surface area contributed by atoms with Crippen LogP contribution in [0.2, 0.25) is 10.0 Å². The summed E-state index contributed by atoms with van der Waals surface area (Å²) in [5.74, 6) is -3.56. The Balaban J connectivity index is 1.62. The van der Waals surface area contributed by atoms with Crippen LogP contribution in [0.1, 0.15) is 48.2 Å². The number of halogens is 4. The summed E-state index contributed by atoms with van der Waals surface area (Å²) in [6.45, 7) is 4.12. The molecule has 1 amide bonds. The van der Waals surface area contributed by atoms with Crippen LogP contribution in [0.4, 0.5) is 13.6 Å². The number of amides is 1. The molecule has 2 aromatic rings. The third-order valence-electron chi connectivity index (χ3n) is 5.47. The highest BCUT2D eigenvalue weighted by molar-refractivity contribution is 6.34. The number of cyclic esters (lactones) is 1. The van der Waals surface area contributed by atoms with Gasteiger partial charge in [-0.1, -0.05) is 47.5 Å². The van der Waals surface area contributed by atoms with Gasteiger partial charge in [0.15, 0.2) is 0 Å². The van der Waals surface area contributed by atoms with Crippen molar-refractivity contribution in [1.29, 1.82) is 0 Å². The van der Waals surface area contributed by atoms with Gasteiger partial charge in [0, 0.05) is 35.0 Å². The van der Waals surface area contributed by atoms with Crippen LogP contribution >= 0.6 is 23.2 Å². The number of hydrogen-bond donors (Lipinski definition) is 0. The van der Waals surface area contributed by atoms with Crippen LogP contribution in [0.3, 0.4) is 0 Å². The first-order valence-electron chi connectivity index (χ1n) is 11.3. The highest BCUT2D eigenvalue weighted by atomic mass is 35.5. The Labute approximate surface area is 213 Å². The number of allylic oxidation sites excluding steroid dienone is 1. The Bertz CT molecular complexity index is 1050. The predicted octanol–water partition coefficient (Wildman–Crippen LogP) is 7.05. The third-order valence-corrected chi connectivity index (χ3v) is 5.90. The first kappa shape index (κ1) is 27.0. The Kier molecular flexibility index (Phi) is 9.14. The molecule has 1 saturated heterocycles. The molecule has 5 nitrogen and oxygen atoms in total. The molecule has 0 saturated carbocycles. The van der Waals surface area contributed by atoms with Crippen molar-refractivity contribution in [2.75, 3.05) is 13.2 Å². The summed E-state index contributed by atoms with van der Waals surface area (Å²) in [5.41, 5.74) is 1.10. The molecule has 0 radical (unpaired) electrons. The van der Waals surface area contributed by atoms with Crippen LogP contribution in [0.15, 0.2) is 54.6 Å². The smallest absolute Gasteiger partial charge is 0.410 e. The van der Waals surface area contributed by atoms with Crippen LogP contribution in [0, 0.1) is 0 Å². The summed E-state index contributed by atoms with van der Waals surface area (Å²) in [6.07, 6.45) is 2.74. The first-order chi connectivity index (χ1) is 16.5. The fraction of sp³-hybridized carbons (Fsp3) is 0.385. The second-order valence-corrected chi connectivity index (χ2v) is 9.43. The van der Waals surface area contributed by atoms with Gasteiger partial charge in [-0.05, 0) is 56.2 Å². The Morgan fingerprint density at radius 3 is 2.49 bits per heavy atom. The van der Waals surface area contributed by atoms with Gasteiger partial charge in [-0.25, -0.2) is 18.4 Å². The van der Waals surface area contributed by atoms with Crippen molar-refractivity contribution in [3.8, 4) is 0 Å². The topological polar surface area (TPSA) is 55.8 Å². The second-order valence-electron chi connectivity index (χ2n) is 8.56. The van der Waals surface area contributed by atoms with Crippen molar-refractivity contribution < 1.29 is 27.8 Å². The maximum atomic E-state index is 14.7. The van der Waals surface area contributed by atoms with Gasteiger partial charge in [-0.2, -0.15) is 0 Å². The molecule has 0 aliphatic carbocycles. The van der Waals surface area contributed by atoms with E-state index in [4.69, 9.17) is 32.7 Å². The minimum absolute atomic E-state index is 0.141. The lowest BCUT2D eigenvalue weighted by molar-refractivity contribution is -0.00120. The van der Waals surface area contributed by atoms with E-state index >= 15 is 0 Å². The molecule has 35 heavy (non-hydrogen) atoms. The minimum atomic E-state index is -3.16. The van der Waals surface area contributed by atoms with Crippen molar-refractivity contribution in [3.63, 3.8) is 0 Å². The van der Waals surface area contributed by atoms with E-state index in [2.05, 4.69) is 0 Å². The number of alkyl halides is 2. The molecule has 1 atom stereocenters. The number of benzene rings is 2. The van der Waals surface area contributed by atoms with E-state index in [-0.39, 0.29) is 34.4 Å². The minimum Gasteiger partial charge on any atom is -0.459 e. The van der Waals surface area contributed by atoms with Crippen molar-refractivity contribution in [2.45, 2.75) is 51.2 Å². The normalized spacial score (nSPS) is 16.6. The predicted molar refractivity (Wildman–Crippen MR) is 131 cm³/mol. The van der Waals surface area contributed by atoms with E-state index in [0.29, 0.717) is 24.9 Å². The van der Waals surface area contributed by atoms with Crippen LogP contribution in [-0.4, -0.2) is 42.3 Å². The lowest BCUT2D eigenvalue weighted by atomic mass is 10.0. The zero-order valence-corrected chi connectivity index (χ0v) is 21.0. The number of esters is 1. The van der Waals surface area contributed by atoms with E-state index in [1.54, 1.807) is 44.2 Å². The van der Waals surface area contributed by atoms with Crippen LogP contribution in [0.25, 0.3) is 0 Å². The Morgan fingerprint density at radius 1 is 1.20 bits per heavy atom. The maximum Gasteiger partial charge on any atom is 0.410 e. The van der Waals surface area contributed by atoms with Gasteiger partial charge >= 0.3 is 12.1 Å². The molecule has 0 aromatic heterocycles. The van der Waals surface area contributed by atoms with Gasteiger partial charge in [0.05, 0.1) is 24.3 Å². The zero-order valence-electron chi connectivity index (χ0n) is 19.5. The molecule has 1 heterocycles. The highest BCUT2D eigenvalue weighted by Crippen LogP contribution is 2.35. The van der Waals surface area contributed by atoms with E-state index in [0.717, 1.165) is 5.56 Å². The molecule has 0 N–H and O–H groups in total. The summed E-state index contributed by atoms with van der Waals surface area (Å²) in [5, 5.41) is 0.282. The fourth-order valence-electron chi connectivity index (χ4n) is 3.69. The Morgan fingerprint density at radius 2 is 1.86 bits per heavy atom. The molecule has 0 spiro atoms. The molecule has 9 heteroatoms. The molecule has 1 aliphatic rings. The van der Waals surface area contributed by atoms with Gasteiger partial charge in [-0.3, -0.25) is 0 Å². The van der Waals surface area contributed by atoms with Crippen molar-refractivity contribution in [3.05, 3.63) is 81.4 Å². The summed E-state index contributed by atoms with van der Waals surface area (Å²) in [7, 11) is 0. The third kappa shape index (κ3) is 7.67. The number of carbonyl (C=O) groups is 2. The molecule has 2 aromatic carbocycles. The van der Waals surface area contributed by atoms with Crippen molar-refractivity contribution in [2.24, 2.45) is 0 Å². The standard InChI is InChI=1S/C26H27Cl2F2NO4/c1-17(2)35-24(32)19-7-5-18(6-8-19)9-12-31-23(10-13-34-25(31)33)4-3-11-26(29,30)20-14-21(27)16-22(28)15-20/h3-8,14-17,23H,9-13H2,1-2H3/b4-3+/t23-/m0/s1. The molecule has 188 valence electrons. The number of carbonyl (C=O) groups excluding carboxylic acids is 2. The van der Waals surface area contributed by atoms with Gasteiger partial charge in [0.25, 0.3) is 5.92 Å². The zero-order chi connectivity index (χ0) is 25.6. The molecular weight excluding hydrogens is 499 g/mol. The quantitative estimate of drug-likeness (QED) is 0.260. The van der Waals surface area contributed by atoms with E-state index in [1.807, 2.05) is 0 Å². The fourth-order valence-corrected chi connectivity index (χ4v) is 4.22. The van der Waals surface area contributed by atoms with Crippen LogP contribution in [-0.2, 0) is 21.8 Å². The molecule has 1 aliphatic heterocycles. The summed E-state index contributed by atoms with van der Waals surface area (Å²) < 4.78 is 39.7. The van der Waals surface area contributed by atoms with Crippen LogP contribution in [0.5, 0.6) is 0 Å². The van der Waals surface area contributed by atoms with E-state index < -0.39 is 24.4 Å². The lowest BCUT2D eigenvalue weighted by Gasteiger charge is -2.33. The van der Waals surface area contributed by atoms with E-state index in [9.17, 15) is 18.4 Å². The largest absolute Gasteiger partial charge is 0.459 e. The number of rotatable bonds is 9. The average Bonchev–Trinajstić information content (AvgIpc) is 2.78. The summed E-state index contributed by atoms with van der Waals surface area (Å²) in [4.78, 5) is 25.9. The lowest BCUT2D eigenvalue weighted by Crippen LogP contribution is -2.45. The van der Waals surface area contributed by atoms with Gasteiger partial charge in [0.2, 0.25) is 0 Å². The Hall–Kier alpha value is -2.64. The molecular formula is C26H27Cl2F2NO4. The molecule has 0 bridgehead atoms. The monoisotopic (exact) mass is 525 g/mol. The van der Waals surface area contributed by atoms with Gasteiger partial charge in [-0.15, -0.1) is 0 Å². The maximum absolute atomic E-state index is 14.7. The highest BCUT2D eigenvalue weighted by Gasteiger charge is 2.32. The van der Waals surface area contributed by atoms with E-state index in [1.165, 1.54) is 29.2 Å². The van der Waals surface area contributed by atoms with Crippen LogP contribution < -0.4 is 0 Å². The van der Waals surface area contributed by atoms with Gasteiger partial charge in [0.1, 0.15) is 0 Å². The SMILES string of the molecule is CC(C)OC(=O)c1ccc(CCN2C(=O)OCC[C@@H]2/C=C/CC(F)(F)c2cc(Cl)cc(Cl)c2)cc1. The first-order valence-corrected chi connectivity index (χ1v) is 12.0. The average molecular weight is 526 g/mol. The van der Waals surface area contributed by atoms with Crippen molar-refractivity contribution in [1.82, 2.24) is 4.90 Å². The van der Waals surface area contributed by atoms with Crippen molar-refractivity contribution >= 4 is 35.3 Å². The number of hydrogen-bond acceptors (Lipinski definition) is 4. The summed E-state index contributed by atoms with van der Waals surface area (Å²) in [6, 6.07) is 10.4. The molecule has 0 unspecified atom stereocenters. The number of ether oxygens (including phenoxy) is 2. The summed E-state index contributed by atoms with van der Waals surface area (Å²) >= 11 is 11.7. The second kappa shape index (κ2) is 11.9.